The highest BCUT2D eigenvalue weighted by Crippen LogP contribution is 2.23. The van der Waals surface area contributed by atoms with E-state index in [1.54, 1.807) is 24.3 Å². The van der Waals surface area contributed by atoms with Crippen LogP contribution in [0.25, 0.3) is 10.4 Å². The fourth-order valence-electron chi connectivity index (χ4n) is 1.25. The topological polar surface area (TPSA) is 113 Å². The third-order valence-electron chi connectivity index (χ3n) is 2.04. The van der Waals surface area contributed by atoms with Crippen molar-refractivity contribution < 1.29 is 10.2 Å². The van der Waals surface area contributed by atoms with E-state index in [9.17, 15) is 10.2 Å². The van der Waals surface area contributed by atoms with Gasteiger partial charge in [0.1, 0.15) is 6.10 Å². The Balaban J connectivity index is 2.91. The average molecular weight is 218 g/mol. The van der Waals surface area contributed by atoms with Gasteiger partial charge in [0.2, 0.25) is 0 Å². The van der Waals surface area contributed by atoms with Crippen molar-refractivity contribution in [1.29, 1.82) is 5.26 Å². The molecule has 82 valence electrons. The smallest absolute Gasteiger partial charge is 0.106 e. The van der Waals surface area contributed by atoms with Gasteiger partial charge in [-0.05, 0) is 17.2 Å². The number of hydrogen-bond donors (Lipinski definition) is 2. The summed E-state index contributed by atoms with van der Waals surface area (Å²) in [5.41, 5.74) is 9.01. The number of nitrogens with zero attached hydrogens (tertiary/aromatic N) is 4. The molecule has 0 radical (unpaired) electrons. The fraction of sp³-hybridized carbons (Fsp3) is 0.300. The number of rotatable bonds is 4. The highest BCUT2D eigenvalue weighted by molar-refractivity contribution is 5.40. The molecule has 0 aliphatic rings. The molecule has 2 atom stereocenters. The zero-order valence-electron chi connectivity index (χ0n) is 8.35. The number of benzene rings is 1. The molecular weight excluding hydrogens is 208 g/mol. The summed E-state index contributed by atoms with van der Waals surface area (Å²) in [4.78, 5) is 2.62. The number of hydrogen-bond acceptors (Lipinski definition) is 4. The molecular formula is C10H10N4O2. The molecule has 2 unspecified atom stereocenters. The Labute approximate surface area is 92.0 Å². The second kappa shape index (κ2) is 5.73. The molecule has 16 heavy (non-hydrogen) atoms. The first-order chi connectivity index (χ1) is 7.69. The maximum absolute atomic E-state index is 9.68. The van der Waals surface area contributed by atoms with Crippen molar-refractivity contribution >= 4 is 5.69 Å². The number of aliphatic hydroxyl groups is 2. The zero-order chi connectivity index (χ0) is 12.0. The largest absolute Gasteiger partial charge is 0.389 e. The van der Waals surface area contributed by atoms with E-state index in [0.717, 1.165) is 0 Å². The Morgan fingerprint density at radius 2 is 2.25 bits per heavy atom. The van der Waals surface area contributed by atoms with E-state index < -0.39 is 12.2 Å². The highest BCUT2D eigenvalue weighted by Gasteiger charge is 2.17. The van der Waals surface area contributed by atoms with Gasteiger partial charge in [0.15, 0.2) is 0 Å². The third-order valence-corrected chi connectivity index (χ3v) is 2.04. The molecule has 0 aromatic heterocycles. The average Bonchev–Trinajstić information content (AvgIpc) is 2.29. The standard InChI is InChI=1S/C10H10N4O2/c11-5-4-9(15)10(16)7-2-1-3-8(6-7)13-14-12/h1-3,6,9-10,15-16H,4H2. The predicted molar refractivity (Wildman–Crippen MR) is 56.4 cm³/mol. The molecule has 0 saturated heterocycles. The lowest BCUT2D eigenvalue weighted by atomic mass is 10.0. The van der Waals surface area contributed by atoms with Crippen molar-refractivity contribution in [2.24, 2.45) is 5.11 Å². The molecule has 0 bridgehead atoms. The number of azide groups is 1. The summed E-state index contributed by atoms with van der Waals surface area (Å²) in [6.07, 6.45) is -2.47. The third kappa shape index (κ3) is 2.97. The maximum atomic E-state index is 9.68. The van der Waals surface area contributed by atoms with Gasteiger partial charge in [-0.2, -0.15) is 5.26 Å². The first-order valence-electron chi connectivity index (χ1n) is 4.57. The summed E-state index contributed by atoms with van der Waals surface area (Å²) in [6, 6.07) is 7.99. The minimum Gasteiger partial charge on any atom is -0.389 e. The van der Waals surface area contributed by atoms with Gasteiger partial charge in [0, 0.05) is 10.6 Å². The summed E-state index contributed by atoms with van der Waals surface area (Å²) < 4.78 is 0. The lowest BCUT2D eigenvalue weighted by molar-refractivity contribution is 0.0216. The van der Waals surface area contributed by atoms with Crippen molar-refractivity contribution in [3.05, 3.63) is 40.3 Å². The molecule has 6 heteroatoms. The van der Waals surface area contributed by atoms with Crippen LogP contribution in [-0.2, 0) is 0 Å². The molecule has 0 aliphatic heterocycles. The zero-order valence-corrected chi connectivity index (χ0v) is 8.35. The quantitative estimate of drug-likeness (QED) is 0.457. The molecule has 2 N–H and O–H groups in total. The Kier molecular flexibility index (Phi) is 4.30. The summed E-state index contributed by atoms with van der Waals surface area (Å²) in [6.45, 7) is 0. The van der Waals surface area contributed by atoms with E-state index in [2.05, 4.69) is 10.0 Å². The van der Waals surface area contributed by atoms with E-state index in [1.807, 2.05) is 0 Å². The molecule has 0 heterocycles. The van der Waals surface area contributed by atoms with E-state index in [1.165, 1.54) is 6.07 Å². The van der Waals surface area contributed by atoms with Crippen LogP contribution in [0.2, 0.25) is 0 Å². The Morgan fingerprint density at radius 1 is 1.50 bits per heavy atom. The van der Waals surface area contributed by atoms with Crippen molar-refractivity contribution in [3.63, 3.8) is 0 Å². The second-order valence-electron chi connectivity index (χ2n) is 3.16. The van der Waals surface area contributed by atoms with Gasteiger partial charge in [-0.25, -0.2) is 0 Å². The summed E-state index contributed by atoms with van der Waals surface area (Å²) >= 11 is 0. The van der Waals surface area contributed by atoms with Crippen LogP contribution in [-0.4, -0.2) is 16.3 Å². The van der Waals surface area contributed by atoms with Crippen LogP contribution in [0, 0.1) is 11.3 Å². The van der Waals surface area contributed by atoms with Gasteiger partial charge in [-0.1, -0.05) is 23.3 Å². The second-order valence-corrected chi connectivity index (χ2v) is 3.16. The van der Waals surface area contributed by atoms with E-state index in [0.29, 0.717) is 11.3 Å². The number of aliphatic hydroxyl groups excluding tert-OH is 2. The summed E-state index contributed by atoms with van der Waals surface area (Å²) in [5, 5.41) is 30.9. The van der Waals surface area contributed by atoms with Crippen molar-refractivity contribution in [2.45, 2.75) is 18.6 Å². The van der Waals surface area contributed by atoms with Crippen LogP contribution < -0.4 is 0 Å². The summed E-state index contributed by atoms with van der Waals surface area (Å²) in [5.74, 6) is 0. The van der Waals surface area contributed by atoms with Crippen molar-refractivity contribution in [3.8, 4) is 6.07 Å². The lowest BCUT2D eigenvalue weighted by Gasteiger charge is -2.15. The molecule has 0 fully saturated rings. The first kappa shape index (κ1) is 12.0. The van der Waals surface area contributed by atoms with Gasteiger partial charge >= 0.3 is 0 Å². The normalized spacial score (nSPS) is 13.3. The molecule has 0 spiro atoms. The molecule has 1 rings (SSSR count). The fourth-order valence-corrected chi connectivity index (χ4v) is 1.25. The van der Waals surface area contributed by atoms with Gasteiger partial charge in [-0.3, -0.25) is 0 Å². The van der Waals surface area contributed by atoms with Crippen molar-refractivity contribution in [1.82, 2.24) is 0 Å². The first-order valence-corrected chi connectivity index (χ1v) is 4.57. The molecule has 6 nitrogen and oxygen atoms in total. The molecule has 0 amide bonds. The Morgan fingerprint density at radius 3 is 2.88 bits per heavy atom. The van der Waals surface area contributed by atoms with Gasteiger partial charge in [-0.15, -0.1) is 0 Å². The van der Waals surface area contributed by atoms with E-state index in [4.69, 9.17) is 10.8 Å². The van der Waals surface area contributed by atoms with Gasteiger partial charge in [0.25, 0.3) is 0 Å². The Bertz CT molecular complexity index is 448. The van der Waals surface area contributed by atoms with Gasteiger partial charge < -0.3 is 10.2 Å². The molecule has 1 aromatic carbocycles. The van der Waals surface area contributed by atoms with Crippen LogP contribution in [0.1, 0.15) is 18.1 Å². The minimum atomic E-state index is -1.16. The SMILES string of the molecule is N#CCC(O)C(O)c1cccc(N=[N+]=[N-])c1. The molecule has 1 aromatic rings. The molecule has 0 saturated carbocycles. The summed E-state index contributed by atoms with van der Waals surface area (Å²) in [7, 11) is 0. The highest BCUT2D eigenvalue weighted by atomic mass is 16.3. The van der Waals surface area contributed by atoms with Crippen LogP contribution in [0.3, 0.4) is 0 Å². The van der Waals surface area contributed by atoms with Crippen molar-refractivity contribution in [2.75, 3.05) is 0 Å². The van der Waals surface area contributed by atoms with Gasteiger partial charge in [0.05, 0.1) is 18.6 Å². The van der Waals surface area contributed by atoms with E-state index in [-0.39, 0.29) is 6.42 Å². The lowest BCUT2D eigenvalue weighted by Crippen LogP contribution is -2.17. The number of nitriles is 1. The maximum Gasteiger partial charge on any atom is 0.106 e. The van der Waals surface area contributed by atoms with Crippen LogP contribution in [0.15, 0.2) is 29.4 Å². The molecule has 0 aliphatic carbocycles. The predicted octanol–water partition coefficient (Wildman–Crippen LogP) is 1.94. The van der Waals surface area contributed by atoms with Crippen LogP contribution in [0.4, 0.5) is 5.69 Å². The minimum absolute atomic E-state index is 0.160. The Hall–Kier alpha value is -2.06. The van der Waals surface area contributed by atoms with E-state index >= 15 is 0 Å². The van der Waals surface area contributed by atoms with Crippen LogP contribution >= 0.6 is 0 Å². The monoisotopic (exact) mass is 218 g/mol. The van der Waals surface area contributed by atoms with Crippen LogP contribution in [0.5, 0.6) is 0 Å².